The van der Waals surface area contributed by atoms with Gasteiger partial charge in [-0.1, -0.05) is 22.0 Å². The van der Waals surface area contributed by atoms with Crippen molar-refractivity contribution >= 4 is 27.3 Å². The number of hydrogen-bond donors (Lipinski definition) is 1. The highest BCUT2D eigenvalue weighted by Crippen LogP contribution is 2.25. The molecule has 0 saturated heterocycles. The minimum Gasteiger partial charge on any atom is -0.497 e. The number of halogens is 1. The molecule has 3 heteroatoms. The SMILES string of the molecule is COc1ccc(C)c(Nc2ccc(Br)cc2)c1. The lowest BCUT2D eigenvalue weighted by atomic mass is 10.2. The van der Waals surface area contributed by atoms with E-state index in [0.29, 0.717) is 0 Å². The zero-order valence-corrected chi connectivity index (χ0v) is 11.4. The van der Waals surface area contributed by atoms with Crippen LogP contribution in [-0.2, 0) is 0 Å². The number of nitrogens with one attached hydrogen (secondary N) is 1. The van der Waals surface area contributed by atoms with Gasteiger partial charge in [0.25, 0.3) is 0 Å². The molecule has 0 heterocycles. The maximum atomic E-state index is 5.22. The van der Waals surface area contributed by atoms with Gasteiger partial charge in [-0.05, 0) is 42.8 Å². The van der Waals surface area contributed by atoms with E-state index in [0.717, 1.165) is 21.6 Å². The first-order valence-corrected chi connectivity index (χ1v) is 6.15. The summed E-state index contributed by atoms with van der Waals surface area (Å²) in [6.45, 7) is 2.07. The van der Waals surface area contributed by atoms with E-state index < -0.39 is 0 Å². The van der Waals surface area contributed by atoms with E-state index >= 15 is 0 Å². The minimum absolute atomic E-state index is 0.857. The van der Waals surface area contributed by atoms with E-state index in [-0.39, 0.29) is 0 Å². The number of ether oxygens (including phenoxy) is 1. The highest BCUT2D eigenvalue weighted by atomic mass is 79.9. The van der Waals surface area contributed by atoms with Crippen molar-refractivity contribution in [2.75, 3.05) is 12.4 Å². The van der Waals surface area contributed by atoms with Crippen molar-refractivity contribution in [3.05, 3.63) is 52.5 Å². The van der Waals surface area contributed by atoms with E-state index in [9.17, 15) is 0 Å². The number of rotatable bonds is 3. The van der Waals surface area contributed by atoms with E-state index in [4.69, 9.17) is 4.74 Å². The molecule has 0 atom stereocenters. The van der Waals surface area contributed by atoms with Gasteiger partial charge in [0.15, 0.2) is 0 Å². The molecule has 0 saturated carbocycles. The van der Waals surface area contributed by atoms with Crippen molar-refractivity contribution in [2.24, 2.45) is 0 Å². The third-order valence-corrected chi connectivity index (χ3v) is 3.10. The van der Waals surface area contributed by atoms with Crippen LogP contribution in [0.2, 0.25) is 0 Å². The van der Waals surface area contributed by atoms with E-state index in [1.165, 1.54) is 5.56 Å². The first-order chi connectivity index (χ1) is 8.19. The van der Waals surface area contributed by atoms with E-state index in [1.807, 2.05) is 42.5 Å². The lowest BCUT2D eigenvalue weighted by Gasteiger charge is -2.11. The first-order valence-electron chi connectivity index (χ1n) is 5.36. The molecule has 0 spiro atoms. The molecule has 0 aliphatic carbocycles. The molecule has 2 aromatic rings. The number of anilines is 2. The Morgan fingerprint density at radius 3 is 2.41 bits per heavy atom. The third kappa shape index (κ3) is 3.01. The molecule has 0 unspecified atom stereocenters. The van der Waals surface area contributed by atoms with Crippen molar-refractivity contribution in [1.29, 1.82) is 0 Å². The number of benzene rings is 2. The molecule has 0 aliphatic heterocycles. The zero-order valence-electron chi connectivity index (χ0n) is 9.83. The third-order valence-electron chi connectivity index (χ3n) is 2.57. The van der Waals surface area contributed by atoms with Gasteiger partial charge in [0, 0.05) is 21.9 Å². The fraction of sp³-hybridized carbons (Fsp3) is 0.143. The molecule has 2 aromatic carbocycles. The lowest BCUT2D eigenvalue weighted by Crippen LogP contribution is -1.94. The molecule has 0 aromatic heterocycles. The van der Waals surface area contributed by atoms with Gasteiger partial charge in [-0.3, -0.25) is 0 Å². The Kier molecular flexibility index (Phi) is 3.69. The van der Waals surface area contributed by atoms with E-state index in [1.54, 1.807) is 7.11 Å². The monoisotopic (exact) mass is 291 g/mol. The second-order valence-corrected chi connectivity index (χ2v) is 4.73. The highest BCUT2D eigenvalue weighted by molar-refractivity contribution is 9.10. The predicted molar refractivity (Wildman–Crippen MR) is 75.2 cm³/mol. The Balaban J connectivity index is 2.25. The Morgan fingerprint density at radius 1 is 1.06 bits per heavy atom. The average molecular weight is 292 g/mol. The van der Waals surface area contributed by atoms with E-state index in [2.05, 4.69) is 28.2 Å². The Morgan fingerprint density at radius 2 is 1.76 bits per heavy atom. The topological polar surface area (TPSA) is 21.3 Å². The van der Waals surface area contributed by atoms with Crippen LogP contribution < -0.4 is 10.1 Å². The van der Waals surface area contributed by atoms with Gasteiger partial charge in [-0.15, -0.1) is 0 Å². The van der Waals surface area contributed by atoms with Crippen LogP contribution in [0.15, 0.2) is 46.9 Å². The Hall–Kier alpha value is -1.48. The van der Waals surface area contributed by atoms with Crippen LogP contribution in [0.3, 0.4) is 0 Å². The van der Waals surface area contributed by atoms with Crippen LogP contribution in [0.4, 0.5) is 11.4 Å². The highest BCUT2D eigenvalue weighted by Gasteiger charge is 2.01. The quantitative estimate of drug-likeness (QED) is 0.898. The molecular weight excluding hydrogens is 278 g/mol. The minimum atomic E-state index is 0.857. The zero-order chi connectivity index (χ0) is 12.3. The van der Waals surface area contributed by atoms with Gasteiger partial charge in [0.2, 0.25) is 0 Å². The summed E-state index contributed by atoms with van der Waals surface area (Å²) in [4.78, 5) is 0. The molecular formula is C14H14BrNO. The second-order valence-electron chi connectivity index (χ2n) is 3.81. The van der Waals surface area contributed by atoms with Crippen molar-refractivity contribution in [2.45, 2.75) is 6.92 Å². The van der Waals surface area contributed by atoms with Gasteiger partial charge in [0.05, 0.1) is 7.11 Å². The molecule has 0 amide bonds. The fourth-order valence-corrected chi connectivity index (χ4v) is 1.82. The summed E-state index contributed by atoms with van der Waals surface area (Å²) in [5, 5.41) is 3.37. The average Bonchev–Trinajstić information content (AvgIpc) is 2.35. The summed E-state index contributed by atoms with van der Waals surface area (Å²) in [5.74, 6) is 0.857. The lowest BCUT2D eigenvalue weighted by molar-refractivity contribution is 0.415. The van der Waals surface area contributed by atoms with Crippen molar-refractivity contribution < 1.29 is 4.74 Å². The Bertz CT molecular complexity index is 508. The summed E-state index contributed by atoms with van der Waals surface area (Å²) >= 11 is 3.42. The maximum absolute atomic E-state index is 5.22. The van der Waals surface area contributed by atoms with Crippen LogP contribution in [0.25, 0.3) is 0 Å². The predicted octanol–water partition coefficient (Wildman–Crippen LogP) is 4.51. The molecule has 1 N–H and O–H groups in total. The molecule has 17 heavy (non-hydrogen) atoms. The summed E-state index contributed by atoms with van der Waals surface area (Å²) in [7, 11) is 1.67. The molecule has 0 radical (unpaired) electrons. The molecule has 88 valence electrons. The normalized spacial score (nSPS) is 10.1. The first kappa shape index (κ1) is 12.0. The second kappa shape index (κ2) is 5.23. The smallest absolute Gasteiger partial charge is 0.120 e. The summed E-state index contributed by atoms with van der Waals surface area (Å²) in [5.41, 5.74) is 3.31. The van der Waals surface area contributed by atoms with Crippen LogP contribution in [0.1, 0.15) is 5.56 Å². The van der Waals surface area contributed by atoms with Crippen LogP contribution in [0.5, 0.6) is 5.75 Å². The Labute approximate surface area is 110 Å². The largest absolute Gasteiger partial charge is 0.497 e. The van der Waals surface area contributed by atoms with Crippen molar-refractivity contribution in [1.82, 2.24) is 0 Å². The van der Waals surface area contributed by atoms with Gasteiger partial charge in [0.1, 0.15) is 5.75 Å². The van der Waals surface area contributed by atoms with Crippen LogP contribution >= 0.6 is 15.9 Å². The summed E-state index contributed by atoms with van der Waals surface area (Å²) in [6, 6.07) is 14.1. The number of hydrogen-bond acceptors (Lipinski definition) is 2. The summed E-state index contributed by atoms with van der Waals surface area (Å²) in [6.07, 6.45) is 0. The van der Waals surface area contributed by atoms with Crippen molar-refractivity contribution in [3.63, 3.8) is 0 Å². The fourth-order valence-electron chi connectivity index (χ4n) is 1.55. The standard InChI is InChI=1S/C14H14BrNO/c1-10-3-8-13(17-2)9-14(10)16-12-6-4-11(15)5-7-12/h3-9,16H,1-2H3. The van der Waals surface area contributed by atoms with Crippen LogP contribution in [-0.4, -0.2) is 7.11 Å². The van der Waals surface area contributed by atoms with Gasteiger partial charge >= 0.3 is 0 Å². The van der Waals surface area contributed by atoms with Gasteiger partial charge in [-0.2, -0.15) is 0 Å². The number of aryl methyl sites for hydroxylation is 1. The maximum Gasteiger partial charge on any atom is 0.120 e. The molecule has 2 rings (SSSR count). The van der Waals surface area contributed by atoms with Crippen molar-refractivity contribution in [3.8, 4) is 5.75 Å². The van der Waals surface area contributed by atoms with Crippen LogP contribution in [0, 0.1) is 6.92 Å². The molecule has 0 fully saturated rings. The molecule has 0 aliphatic rings. The summed E-state index contributed by atoms with van der Waals surface area (Å²) < 4.78 is 6.29. The molecule has 0 bridgehead atoms. The number of methoxy groups -OCH3 is 1. The van der Waals surface area contributed by atoms with Gasteiger partial charge < -0.3 is 10.1 Å². The molecule has 2 nitrogen and oxygen atoms in total. The van der Waals surface area contributed by atoms with Gasteiger partial charge in [-0.25, -0.2) is 0 Å².